The molecule has 0 fully saturated rings. The number of H-pyrrole nitrogens is 1. The van der Waals surface area contributed by atoms with E-state index < -0.39 is 11.9 Å². The first kappa shape index (κ1) is 44.2. The zero-order valence-corrected chi connectivity index (χ0v) is 36.8. The van der Waals surface area contributed by atoms with E-state index in [0.717, 1.165) is 93.0 Å². The summed E-state index contributed by atoms with van der Waals surface area (Å²) in [6.45, 7) is 3.96. The number of hydrogen-bond acceptors (Lipinski definition) is 7. The van der Waals surface area contributed by atoms with Gasteiger partial charge in [-0.05, 0) is 73.6 Å². The van der Waals surface area contributed by atoms with E-state index in [1.54, 1.807) is 4.90 Å². The highest BCUT2D eigenvalue weighted by molar-refractivity contribution is 6.06. The van der Waals surface area contributed by atoms with Gasteiger partial charge < -0.3 is 36.1 Å². The van der Waals surface area contributed by atoms with Gasteiger partial charge in [0.05, 0.1) is 23.3 Å². The van der Waals surface area contributed by atoms with Gasteiger partial charge in [0.15, 0.2) is 5.82 Å². The summed E-state index contributed by atoms with van der Waals surface area (Å²) in [4.78, 5) is 68.9. The van der Waals surface area contributed by atoms with Crippen molar-refractivity contribution in [1.82, 2.24) is 35.5 Å². The van der Waals surface area contributed by atoms with Gasteiger partial charge in [-0.25, -0.2) is 9.97 Å². The second-order valence-corrected chi connectivity index (χ2v) is 16.5. The molecule has 3 aromatic heterocycles. The Bertz CT molecular complexity index is 2920. The van der Waals surface area contributed by atoms with E-state index >= 15 is 0 Å². The van der Waals surface area contributed by atoms with Crippen LogP contribution in [0.2, 0.25) is 0 Å². The summed E-state index contributed by atoms with van der Waals surface area (Å²) in [5, 5.41) is 10.9. The number of amides is 4. The van der Waals surface area contributed by atoms with Crippen LogP contribution >= 0.6 is 0 Å². The molecule has 1 aliphatic rings. The Morgan fingerprint density at radius 3 is 2.38 bits per heavy atom. The summed E-state index contributed by atoms with van der Waals surface area (Å²) in [6.07, 6.45) is 6.79. The number of fused-ring (bicyclic) bond motifs is 6. The first-order valence-electron chi connectivity index (χ1n) is 22.7. The van der Waals surface area contributed by atoms with Gasteiger partial charge in [0.1, 0.15) is 17.4 Å². The Morgan fingerprint density at radius 2 is 1.52 bits per heavy atom. The van der Waals surface area contributed by atoms with Crippen molar-refractivity contribution in [3.63, 3.8) is 0 Å². The molecule has 4 amide bonds. The minimum Gasteiger partial charge on any atom is -0.382 e. The molecule has 1 unspecified atom stereocenters. The molecular weight excluding hydrogens is 815 g/mol. The molecule has 0 aliphatic carbocycles. The number of hydrogen-bond donors (Lipinski definition) is 5. The number of nitrogens with zero attached hydrogens (tertiary/aromatic N) is 4. The fourth-order valence-electron chi connectivity index (χ4n) is 8.54. The van der Waals surface area contributed by atoms with Gasteiger partial charge in [0.2, 0.25) is 23.6 Å². The van der Waals surface area contributed by atoms with Gasteiger partial charge in [-0.1, -0.05) is 91.9 Å². The van der Waals surface area contributed by atoms with Crippen LogP contribution in [0.4, 0.5) is 11.5 Å². The standard InChI is InChI=1S/C52H55N9O4/c1-2-3-22-45-59-49-50(40-18-8-10-20-42(40)58-51(49)53)60(45)32-13-12-30-54-46(62)26-25-43(52(65)55-31-29-37-33-56-41-19-9-7-17-39(37)41)57-47(63)27-28-48(64)61-34-38-16-5-4-14-35(38)23-24-36-15-6-11-21-44(36)61/h4-11,14-21,33,43,56H,2-3,12-13,22,25-32,34H2,1H3,(H2,53,58)(H,54,62)(H,55,65)(H,57,63). The molecule has 7 aromatic rings. The molecule has 332 valence electrons. The fraction of sp³-hybridized carbons (Fsp3) is 0.308. The number of anilines is 2. The normalized spacial score (nSPS) is 12.4. The molecule has 1 atom stereocenters. The molecular formula is C52H55N9O4. The number of imidazole rings is 1. The van der Waals surface area contributed by atoms with E-state index in [1.807, 2.05) is 97.2 Å². The van der Waals surface area contributed by atoms with E-state index in [0.29, 0.717) is 44.1 Å². The van der Waals surface area contributed by atoms with Crippen LogP contribution in [0.25, 0.3) is 32.8 Å². The predicted octanol–water partition coefficient (Wildman–Crippen LogP) is 7.24. The second kappa shape index (κ2) is 20.8. The van der Waals surface area contributed by atoms with Crippen molar-refractivity contribution in [3.05, 3.63) is 131 Å². The lowest BCUT2D eigenvalue weighted by atomic mass is 10.0. The van der Waals surface area contributed by atoms with Gasteiger partial charge in [-0.3, -0.25) is 19.2 Å². The number of unbranched alkanes of at least 4 members (excludes halogenated alkanes) is 2. The molecule has 4 aromatic carbocycles. The average Bonchev–Trinajstić information content (AvgIpc) is 3.91. The topological polar surface area (TPSA) is 180 Å². The van der Waals surface area contributed by atoms with Gasteiger partial charge in [-0.15, -0.1) is 0 Å². The highest BCUT2D eigenvalue weighted by Gasteiger charge is 2.25. The minimum atomic E-state index is -0.983. The number of pyridine rings is 1. The van der Waals surface area contributed by atoms with E-state index in [4.69, 9.17) is 10.7 Å². The zero-order valence-electron chi connectivity index (χ0n) is 36.8. The predicted molar refractivity (Wildman–Crippen MR) is 256 cm³/mol. The first-order chi connectivity index (χ1) is 31.8. The zero-order chi connectivity index (χ0) is 45.1. The lowest BCUT2D eigenvalue weighted by Gasteiger charge is -2.26. The maximum absolute atomic E-state index is 13.9. The third-order valence-electron chi connectivity index (χ3n) is 12.0. The second-order valence-electron chi connectivity index (χ2n) is 16.5. The van der Waals surface area contributed by atoms with Crippen LogP contribution in [0.3, 0.4) is 0 Å². The molecule has 13 heteroatoms. The van der Waals surface area contributed by atoms with E-state index in [-0.39, 0.29) is 43.4 Å². The Kier molecular flexibility index (Phi) is 14.1. The summed E-state index contributed by atoms with van der Waals surface area (Å²) >= 11 is 0. The Hall–Kier alpha value is -7.46. The number of aromatic amines is 1. The number of carbonyl (C=O) groups is 4. The summed E-state index contributed by atoms with van der Waals surface area (Å²) in [6, 6.07) is 30.2. The summed E-state index contributed by atoms with van der Waals surface area (Å²) in [5.74, 6) is 6.54. The lowest BCUT2D eigenvalue weighted by molar-refractivity contribution is -0.130. The van der Waals surface area contributed by atoms with Crippen molar-refractivity contribution in [3.8, 4) is 11.8 Å². The number of benzene rings is 4. The molecule has 0 spiro atoms. The highest BCUT2D eigenvalue weighted by Crippen LogP contribution is 2.30. The Morgan fingerprint density at radius 1 is 0.769 bits per heavy atom. The van der Waals surface area contributed by atoms with E-state index in [1.165, 1.54) is 0 Å². The first-order valence-corrected chi connectivity index (χ1v) is 22.7. The molecule has 0 radical (unpaired) electrons. The highest BCUT2D eigenvalue weighted by atomic mass is 16.2. The number of nitrogens with one attached hydrogen (secondary N) is 4. The van der Waals surface area contributed by atoms with Gasteiger partial charge >= 0.3 is 0 Å². The Balaban J connectivity index is 0.878. The number of nitrogen functional groups attached to an aromatic ring is 1. The molecule has 0 saturated carbocycles. The van der Waals surface area contributed by atoms with Crippen molar-refractivity contribution in [2.75, 3.05) is 23.7 Å². The molecule has 4 heterocycles. The molecule has 13 nitrogen and oxygen atoms in total. The summed E-state index contributed by atoms with van der Waals surface area (Å²) in [5.41, 5.74) is 14.2. The van der Waals surface area contributed by atoms with Crippen LogP contribution in [-0.4, -0.2) is 62.3 Å². The molecule has 0 saturated heterocycles. The van der Waals surface area contributed by atoms with Crippen LogP contribution in [-0.2, 0) is 45.1 Å². The largest absolute Gasteiger partial charge is 0.382 e. The molecule has 65 heavy (non-hydrogen) atoms. The van der Waals surface area contributed by atoms with Crippen LogP contribution in [0, 0.1) is 11.8 Å². The van der Waals surface area contributed by atoms with Crippen molar-refractivity contribution in [1.29, 1.82) is 0 Å². The number of carbonyl (C=O) groups excluding carboxylic acids is 4. The smallest absolute Gasteiger partial charge is 0.242 e. The van der Waals surface area contributed by atoms with Crippen molar-refractivity contribution in [2.24, 2.45) is 0 Å². The van der Waals surface area contributed by atoms with Gasteiger partial charge in [0, 0.05) is 78.9 Å². The molecule has 0 bridgehead atoms. The number of para-hydroxylation sites is 3. The number of aromatic nitrogens is 4. The SMILES string of the molecule is CCCCc1nc2c(N)nc3ccccc3c2n1CCCCNC(=O)CCC(NC(=O)CCC(=O)N1Cc2ccccc2C#Cc2ccccc21)C(=O)NCCc1c[nH]c2ccccc12. The summed E-state index contributed by atoms with van der Waals surface area (Å²) < 4.78 is 2.26. The molecule has 6 N–H and O–H groups in total. The van der Waals surface area contributed by atoms with Crippen LogP contribution in [0.1, 0.15) is 86.4 Å². The van der Waals surface area contributed by atoms with E-state index in [2.05, 4.69) is 55.3 Å². The number of rotatable bonds is 19. The third kappa shape index (κ3) is 10.5. The van der Waals surface area contributed by atoms with Crippen molar-refractivity contribution in [2.45, 2.75) is 90.3 Å². The number of nitrogens with two attached hydrogens (primary N) is 1. The maximum Gasteiger partial charge on any atom is 0.242 e. The average molecular weight is 870 g/mol. The summed E-state index contributed by atoms with van der Waals surface area (Å²) in [7, 11) is 0. The quantitative estimate of drug-likeness (QED) is 0.0420. The third-order valence-corrected chi connectivity index (χ3v) is 12.0. The minimum absolute atomic E-state index is 0.0241. The Labute approximate surface area is 378 Å². The lowest BCUT2D eigenvalue weighted by Crippen LogP contribution is -2.48. The van der Waals surface area contributed by atoms with Crippen molar-refractivity contribution < 1.29 is 19.2 Å². The van der Waals surface area contributed by atoms with Gasteiger partial charge in [-0.2, -0.15) is 0 Å². The monoisotopic (exact) mass is 869 g/mol. The maximum atomic E-state index is 13.9. The van der Waals surface area contributed by atoms with Crippen LogP contribution in [0.15, 0.2) is 103 Å². The van der Waals surface area contributed by atoms with Crippen LogP contribution in [0.5, 0.6) is 0 Å². The van der Waals surface area contributed by atoms with E-state index in [9.17, 15) is 19.2 Å². The van der Waals surface area contributed by atoms with Crippen LogP contribution < -0.4 is 26.6 Å². The fourth-order valence-corrected chi connectivity index (χ4v) is 8.54. The number of aryl methyl sites for hydroxylation is 2. The van der Waals surface area contributed by atoms with Gasteiger partial charge in [0.25, 0.3) is 0 Å². The van der Waals surface area contributed by atoms with Crippen molar-refractivity contribution >= 4 is 68.0 Å². The molecule has 8 rings (SSSR count). The molecule has 1 aliphatic heterocycles.